The largest absolute Gasteiger partial charge is 0.387 e. The fourth-order valence-electron chi connectivity index (χ4n) is 2.64. The van der Waals surface area contributed by atoms with Crippen LogP contribution in [0.5, 0.6) is 0 Å². The zero-order valence-electron chi connectivity index (χ0n) is 7.13. The van der Waals surface area contributed by atoms with E-state index < -0.39 is 0 Å². The van der Waals surface area contributed by atoms with E-state index in [4.69, 9.17) is 0 Å². The SMILES string of the molecule is OC1CC[N+]2(CCCCC2)C1. The standard InChI is InChI=1S/C9H18NO/c11-9-4-7-10(8-9)5-2-1-3-6-10/h9,11H,1-8H2/q+1. The molecule has 11 heavy (non-hydrogen) atoms. The molecule has 64 valence electrons. The van der Waals surface area contributed by atoms with Crippen molar-refractivity contribution < 1.29 is 9.59 Å². The number of hydrogen-bond acceptors (Lipinski definition) is 1. The zero-order valence-corrected chi connectivity index (χ0v) is 7.13. The third-order valence-corrected chi connectivity index (χ3v) is 3.30. The molecule has 0 aliphatic carbocycles. The van der Waals surface area contributed by atoms with Crippen LogP contribution in [-0.4, -0.2) is 41.9 Å². The minimum atomic E-state index is 0.00750. The quantitative estimate of drug-likeness (QED) is 0.513. The van der Waals surface area contributed by atoms with E-state index in [9.17, 15) is 5.11 Å². The van der Waals surface area contributed by atoms with Crippen LogP contribution in [0.1, 0.15) is 25.7 Å². The summed E-state index contributed by atoms with van der Waals surface area (Å²) in [7, 11) is 0. The summed E-state index contributed by atoms with van der Waals surface area (Å²) in [6, 6.07) is 0. The van der Waals surface area contributed by atoms with E-state index >= 15 is 0 Å². The van der Waals surface area contributed by atoms with Gasteiger partial charge in [-0.1, -0.05) is 0 Å². The number of hydrogen-bond donors (Lipinski definition) is 1. The summed E-state index contributed by atoms with van der Waals surface area (Å²) < 4.78 is 1.24. The van der Waals surface area contributed by atoms with Crippen LogP contribution in [0.4, 0.5) is 0 Å². The van der Waals surface area contributed by atoms with Gasteiger partial charge in [-0.05, 0) is 19.3 Å². The van der Waals surface area contributed by atoms with Gasteiger partial charge in [-0.15, -0.1) is 0 Å². The summed E-state index contributed by atoms with van der Waals surface area (Å²) in [5.74, 6) is 0. The van der Waals surface area contributed by atoms with Crippen molar-refractivity contribution in [1.29, 1.82) is 0 Å². The molecule has 0 aromatic carbocycles. The van der Waals surface area contributed by atoms with Gasteiger partial charge in [0.1, 0.15) is 12.6 Å². The van der Waals surface area contributed by atoms with Crippen molar-refractivity contribution in [2.75, 3.05) is 26.2 Å². The van der Waals surface area contributed by atoms with Crippen LogP contribution in [0.25, 0.3) is 0 Å². The highest BCUT2D eigenvalue weighted by atomic mass is 16.3. The van der Waals surface area contributed by atoms with E-state index in [-0.39, 0.29) is 6.10 Å². The lowest BCUT2D eigenvalue weighted by Crippen LogP contribution is -2.49. The Labute approximate surface area is 68.4 Å². The molecule has 2 nitrogen and oxygen atoms in total. The summed E-state index contributed by atoms with van der Waals surface area (Å²) in [5, 5.41) is 9.43. The molecule has 1 N–H and O–H groups in total. The number of nitrogens with zero attached hydrogens (tertiary/aromatic N) is 1. The summed E-state index contributed by atoms with van der Waals surface area (Å²) in [6.45, 7) is 4.94. The van der Waals surface area contributed by atoms with Crippen molar-refractivity contribution in [3.8, 4) is 0 Å². The minimum absolute atomic E-state index is 0.00750. The molecule has 0 bridgehead atoms. The molecular formula is C9H18NO+. The molecule has 0 saturated carbocycles. The van der Waals surface area contributed by atoms with Crippen molar-refractivity contribution in [2.45, 2.75) is 31.8 Å². The number of quaternary nitrogens is 1. The molecule has 1 unspecified atom stereocenters. The van der Waals surface area contributed by atoms with Crippen LogP contribution >= 0.6 is 0 Å². The van der Waals surface area contributed by atoms with Crippen LogP contribution in [0, 0.1) is 0 Å². The Kier molecular flexibility index (Phi) is 1.90. The fraction of sp³-hybridized carbons (Fsp3) is 1.00. The zero-order chi connectivity index (χ0) is 7.73. The molecule has 0 radical (unpaired) electrons. The van der Waals surface area contributed by atoms with Gasteiger partial charge >= 0.3 is 0 Å². The Morgan fingerprint density at radius 2 is 1.73 bits per heavy atom. The average Bonchev–Trinajstić information content (AvgIpc) is 2.34. The van der Waals surface area contributed by atoms with Gasteiger partial charge in [0, 0.05) is 6.42 Å². The second-order valence-electron chi connectivity index (χ2n) is 4.20. The first kappa shape index (κ1) is 7.56. The Hall–Kier alpha value is -0.0800. The lowest BCUT2D eigenvalue weighted by Gasteiger charge is -2.37. The van der Waals surface area contributed by atoms with Crippen molar-refractivity contribution in [1.82, 2.24) is 0 Å². The van der Waals surface area contributed by atoms with Gasteiger partial charge in [-0.3, -0.25) is 0 Å². The summed E-state index contributed by atoms with van der Waals surface area (Å²) in [6.07, 6.45) is 5.23. The number of aliphatic hydroxyl groups is 1. The number of rotatable bonds is 0. The van der Waals surface area contributed by atoms with Crippen LogP contribution in [0.15, 0.2) is 0 Å². The molecule has 1 spiro atoms. The van der Waals surface area contributed by atoms with E-state index in [0.29, 0.717) is 0 Å². The second-order valence-corrected chi connectivity index (χ2v) is 4.20. The summed E-state index contributed by atoms with van der Waals surface area (Å²) in [5.41, 5.74) is 0. The first-order chi connectivity index (χ1) is 5.31. The van der Waals surface area contributed by atoms with Gasteiger partial charge < -0.3 is 9.59 Å². The molecule has 2 heterocycles. The number of piperidine rings is 1. The Bertz CT molecular complexity index is 135. The van der Waals surface area contributed by atoms with Crippen LogP contribution < -0.4 is 0 Å². The molecule has 0 aromatic rings. The highest BCUT2D eigenvalue weighted by Crippen LogP contribution is 2.25. The fourth-order valence-corrected chi connectivity index (χ4v) is 2.64. The smallest absolute Gasteiger partial charge is 0.108 e. The Morgan fingerprint density at radius 1 is 1.00 bits per heavy atom. The van der Waals surface area contributed by atoms with Gasteiger partial charge in [0.25, 0.3) is 0 Å². The lowest BCUT2D eigenvalue weighted by molar-refractivity contribution is -0.922. The normalized spacial score (nSPS) is 36.3. The van der Waals surface area contributed by atoms with Crippen LogP contribution in [0.3, 0.4) is 0 Å². The van der Waals surface area contributed by atoms with E-state index in [1.165, 1.54) is 43.4 Å². The maximum absolute atomic E-state index is 9.43. The summed E-state index contributed by atoms with van der Waals surface area (Å²) >= 11 is 0. The molecule has 0 aromatic heterocycles. The predicted molar refractivity (Wildman–Crippen MR) is 44.2 cm³/mol. The molecule has 2 saturated heterocycles. The first-order valence-corrected chi connectivity index (χ1v) is 4.84. The maximum atomic E-state index is 9.43. The van der Waals surface area contributed by atoms with Crippen molar-refractivity contribution >= 4 is 0 Å². The average molecular weight is 156 g/mol. The molecular weight excluding hydrogens is 138 g/mol. The first-order valence-electron chi connectivity index (χ1n) is 4.84. The summed E-state index contributed by atoms with van der Waals surface area (Å²) in [4.78, 5) is 0. The molecule has 2 aliphatic rings. The van der Waals surface area contributed by atoms with Gasteiger partial charge in [0.15, 0.2) is 0 Å². The number of aliphatic hydroxyl groups excluding tert-OH is 1. The highest BCUT2D eigenvalue weighted by Gasteiger charge is 2.37. The van der Waals surface area contributed by atoms with Crippen LogP contribution in [-0.2, 0) is 0 Å². The molecule has 2 heteroatoms. The monoisotopic (exact) mass is 156 g/mol. The van der Waals surface area contributed by atoms with E-state index in [1.54, 1.807) is 0 Å². The van der Waals surface area contributed by atoms with Gasteiger partial charge in [-0.25, -0.2) is 0 Å². The predicted octanol–water partition coefficient (Wildman–Crippen LogP) is 0.752. The molecule has 2 fully saturated rings. The lowest BCUT2D eigenvalue weighted by atomic mass is 10.1. The third kappa shape index (κ3) is 1.42. The third-order valence-electron chi connectivity index (χ3n) is 3.30. The van der Waals surface area contributed by atoms with Gasteiger partial charge in [0.2, 0.25) is 0 Å². The molecule has 2 rings (SSSR count). The van der Waals surface area contributed by atoms with Gasteiger partial charge in [0.05, 0.1) is 19.6 Å². The highest BCUT2D eigenvalue weighted by molar-refractivity contribution is 4.67. The van der Waals surface area contributed by atoms with E-state index in [0.717, 1.165) is 13.0 Å². The Morgan fingerprint density at radius 3 is 2.27 bits per heavy atom. The van der Waals surface area contributed by atoms with Crippen molar-refractivity contribution in [3.05, 3.63) is 0 Å². The Balaban J connectivity index is 1.98. The van der Waals surface area contributed by atoms with Gasteiger partial charge in [-0.2, -0.15) is 0 Å². The minimum Gasteiger partial charge on any atom is -0.387 e. The molecule has 2 aliphatic heterocycles. The van der Waals surface area contributed by atoms with Crippen molar-refractivity contribution in [3.63, 3.8) is 0 Å². The topological polar surface area (TPSA) is 20.2 Å². The maximum Gasteiger partial charge on any atom is 0.108 e. The van der Waals surface area contributed by atoms with Crippen molar-refractivity contribution in [2.24, 2.45) is 0 Å². The molecule has 0 amide bonds. The van der Waals surface area contributed by atoms with Crippen LogP contribution in [0.2, 0.25) is 0 Å². The van der Waals surface area contributed by atoms with E-state index in [1.807, 2.05) is 0 Å². The molecule has 1 atom stereocenters. The second kappa shape index (κ2) is 2.76. The van der Waals surface area contributed by atoms with E-state index in [2.05, 4.69) is 0 Å².